The molecule has 106 valence electrons. The highest BCUT2D eigenvalue weighted by atomic mass is 15.1. The van der Waals surface area contributed by atoms with Crippen LogP contribution in [0.15, 0.2) is 24.3 Å². The third kappa shape index (κ3) is 4.43. The highest BCUT2D eigenvalue weighted by Crippen LogP contribution is 2.22. The second kappa shape index (κ2) is 6.80. The summed E-state index contributed by atoms with van der Waals surface area (Å²) in [6, 6.07) is 8.98. The molecule has 0 saturated carbocycles. The topological polar surface area (TPSA) is 41.3 Å². The van der Waals surface area contributed by atoms with Crippen LogP contribution in [0.2, 0.25) is 0 Å². The van der Waals surface area contributed by atoms with E-state index in [0.29, 0.717) is 5.92 Å². The SMILES string of the molecule is CC(C)CC(N)CNc1ccc(N2CCCC2)cc1. The minimum Gasteiger partial charge on any atom is -0.383 e. The normalized spacial score (nSPS) is 16.9. The molecule has 1 aromatic rings. The van der Waals surface area contributed by atoms with Crippen LogP contribution in [0.1, 0.15) is 33.1 Å². The molecule has 0 spiro atoms. The summed E-state index contributed by atoms with van der Waals surface area (Å²) in [5.41, 5.74) is 8.59. The van der Waals surface area contributed by atoms with Crippen LogP contribution in [0.4, 0.5) is 11.4 Å². The molecule has 1 heterocycles. The molecule has 1 aliphatic heterocycles. The molecular formula is C16H27N3. The van der Waals surface area contributed by atoms with Gasteiger partial charge in [0.25, 0.3) is 0 Å². The summed E-state index contributed by atoms with van der Waals surface area (Å²) in [5.74, 6) is 0.661. The molecular weight excluding hydrogens is 234 g/mol. The molecule has 0 amide bonds. The lowest BCUT2D eigenvalue weighted by Crippen LogP contribution is -2.30. The fourth-order valence-corrected chi connectivity index (χ4v) is 2.70. The van der Waals surface area contributed by atoms with Crippen molar-refractivity contribution in [3.63, 3.8) is 0 Å². The third-order valence-corrected chi connectivity index (χ3v) is 3.68. The molecule has 1 fully saturated rings. The molecule has 0 aromatic heterocycles. The molecule has 3 heteroatoms. The predicted molar refractivity (Wildman–Crippen MR) is 83.8 cm³/mol. The zero-order chi connectivity index (χ0) is 13.7. The molecule has 0 aliphatic carbocycles. The molecule has 1 saturated heterocycles. The third-order valence-electron chi connectivity index (χ3n) is 3.68. The van der Waals surface area contributed by atoms with Crippen molar-refractivity contribution in [1.29, 1.82) is 0 Å². The van der Waals surface area contributed by atoms with Crippen LogP contribution in [0.5, 0.6) is 0 Å². The van der Waals surface area contributed by atoms with E-state index in [9.17, 15) is 0 Å². The summed E-state index contributed by atoms with van der Waals surface area (Å²) in [5, 5.41) is 3.42. The fraction of sp³-hybridized carbons (Fsp3) is 0.625. The first-order valence-corrected chi connectivity index (χ1v) is 7.49. The Labute approximate surface area is 117 Å². The lowest BCUT2D eigenvalue weighted by molar-refractivity contribution is 0.508. The van der Waals surface area contributed by atoms with Crippen LogP contribution in [0.3, 0.4) is 0 Å². The minimum atomic E-state index is 0.234. The van der Waals surface area contributed by atoms with Gasteiger partial charge in [-0.15, -0.1) is 0 Å². The maximum Gasteiger partial charge on any atom is 0.0367 e. The summed E-state index contributed by atoms with van der Waals surface area (Å²) in [4.78, 5) is 2.45. The van der Waals surface area contributed by atoms with Gasteiger partial charge in [0, 0.05) is 37.1 Å². The molecule has 1 unspecified atom stereocenters. The quantitative estimate of drug-likeness (QED) is 0.827. The monoisotopic (exact) mass is 261 g/mol. The Morgan fingerprint density at radius 3 is 2.37 bits per heavy atom. The maximum atomic E-state index is 6.08. The first-order valence-electron chi connectivity index (χ1n) is 7.49. The van der Waals surface area contributed by atoms with Gasteiger partial charge < -0.3 is 16.0 Å². The van der Waals surface area contributed by atoms with Gasteiger partial charge in [0.2, 0.25) is 0 Å². The lowest BCUT2D eigenvalue weighted by atomic mass is 10.0. The van der Waals surface area contributed by atoms with Crippen molar-refractivity contribution in [1.82, 2.24) is 0 Å². The van der Waals surface area contributed by atoms with Crippen LogP contribution >= 0.6 is 0 Å². The van der Waals surface area contributed by atoms with Gasteiger partial charge in [-0.25, -0.2) is 0 Å². The first-order chi connectivity index (χ1) is 9.15. The first kappa shape index (κ1) is 14.2. The smallest absolute Gasteiger partial charge is 0.0367 e. The van der Waals surface area contributed by atoms with Crippen LogP contribution in [0, 0.1) is 5.92 Å². The molecule has 3 nitrogen and oxygen atoms in total. The Morgan fingerprint density at radius 1 is 1.16 bits per heavy atom. The van der Waals surface area contributed by atoms with Crippen LogP contribution in [0.25, 0.3) is 0 Å². The van der Waals surface area contributed by atoms with Crippen LogP contribution in [-0.4, -0.2) is 25.7 Å². The Balaban J connectivity index is 1.81. The number of nitrogens with one attached hydrogen (secondary N) is 1. The number of benzene rings is 1. The maximum absolute atomic E-state index is 6.08. The number of anilines is 2. The van der Waals surface area contributed by atoms with Gasteiger partial charge in [0.05, 0.1) is 0 Å². The van der Waals surface area contributed by atoms with Crippen LogP contribution < -0.4 is 16.0 Å². The number of rotatable bonds is 6. The summed E-state index contributed by atoms with van der Waals surface area (Å²) < 4.78 is 0. The van der Waals surface area contributed by atoms with Crippen molar-refractivity contribution >= 4 is 11.4 Å². The molecule has 2 rings (SSSR count). The van der Waals surface area contributed by atoms with Crippen molar-refractivity contribution < 1.29 is 0 Å². The summed E-state index contributed by atoms with van der Waals surface area (Å²) in [6.07, 6.45) is 3.72. The Hall–Kier alpha value is -1.22. The van der Waals surface area contributed by atoms with Crippen molar-refractivity contribution in [3.8, 4) is 0 Å². The van der Waals surface area contributed by atoms with E-state index in [1.54, 1.807) is 0 Å². The van der Waals surface area contributed by atoms with E-state index in [-0.39, 0.29) is 6.04 Å². The summed E-state index contributed by atoms with van der Waals surface area (Å²) >= 11 is 0. The van der Waals surface area contributed by atoms with E-state index in [4.69, 9.17) is 5.73 Å². The lowest BCUT2D eigenvalue weighted by Gasteiger charge is -2.19. The molecule has 1 aliphatic rings. The summed E-state index contributed by atoms with van der Waals surface area (Å²) in [7, 11) is 0. The zero-order valence-electron chi connectivity index (χ0n) is 12.2. The van der Waals surface area contributed by atoms with E-state index in [2.05, 4.69) is 48.3 Å². The van der Waals surface area contributed by atoms with Crippen LogP contribution in [-0.2, 0) is 0 Å². The largest absolute Gasteiger partial charge is 0.383 e. The van der Waals surface area contributed by atoms with Gasteiger partial charge in [0.15, 0.2) is 0 Å². The number of hydrogen-bond donors (Lipinski definition) is 2. The van der Waals surface area contributed by atoms with Crippen molar-refractivity contribution in [3.05, 3.63) is 24.3 Å². The molecule has 3 N–H and O–H groups in total. The van der Waals surface area contributed by atoms with Gasteiger partial charge in [-0.3, -0.25) is 0 Å². The Kier molecular flexibility index (Phi) is 5.08. The molecule has 0 radical (unpaired) electrons. The van der Waals surface area contributed by atoms with Crippen molar-refractivity contribution in [2.24, 2.45) is 11.7 Å². The van der Waals surface area contributed by atoms with E-state index < -0.39 is 0 Å². The Bertz CT molecular complexity index is 366. The minimum absolute atomic E-state index is 0.234. The van der Waals surface area contributed by atoms with E-state index in [1.165, 1.54) is 37.3 Å². The highest BCUT2D eigenvalue weighted by Gasteiger charge is 2.11. The Morgan fingerprint density at radius 2 is 1.79 bits per heavy atom. The van der Waals surface area contributed by atoms with Crippen molar-refractivity contribution in [2.75, 3.05) is 29.9 Å². The average Bonchev–Trinajstić information content (AvgIpc) is 2.90. The number of nitrogens with two attached hydrogens (primary N) is 1. The van der Waals surface area contributed by atoms with Gasteiger partial charge >= 0.3 is 0 Å². The predicted octanol–water partition coefficient (Wildman–Crippen LogP) is 3.07. The average molecular weight is 261 g/mol. The second-order valence-corrected chi connectivity index (χ2v) is 6.01. The van der Waals surface area contributed by atoms with E-state index >= 15 is 0 Å². The zero-order valence-corrected chi connectivity index (χ0v) is 12.2. The second-order valence-electron chi connectivity index (χ2n) is 6.01. The molecule has 1 aromatic carbocycles. The highest BCUT2D eigenvalue weighted by molar-refractivity contribution is 5.55. The van der Waals surface area contributed by atoms with Gasteiger partial charge in [-0.05, 0) is 49.4 Å². The standard InChI is InChI=1S/C16H27N3/c1-13(2)11-14(17)12-18-15-5-7-16(8-6-15)19-9-3-4-10-19/h5-8,13-14,18H,3-4,9-12,17H2,1-2H3. The fourth-order valence-electron chi connectivity index (χ4n) is 2.70. The van der Waals surface area contributed by atoms with E-state index in [1.807, 2.05) is 0 Å². The molecule has 0 bridgehead atoms. The van der Waals surface area contributed by atoms with Crippen molar-refractivity contribution in [2.45, 2.75) is 39.2 Å². The summed E-state index contributed by atoms with van der Waals surface area (Å²) in [6.45, 7) is 7.68. The van der Waals surface area contributed by atoms with Gasteiger partial charge in [-0.2, -0.15) is 0 Å². The van der Waals surface area contributed by atoms with Gasteiger partial charge in [-0.1, -0.05) is 13.8 Å². The van der Waals surface area contributed by atoms with Gasteiger partial charge in [0.1, 0.15) is 0 Å². The number of hydrogen-bond acceptors (Lipinski definition) is 3. The number of nitrogens with zero attached hydrogens (tertiary/aromatic N) is 1. The van der Waals surface area contributed by atoms with E-state index in [0.717, 1.165) is 13.0 Å². The molecule has 19 heavy (non-hydrogen) atoms. The molecule has 1 atom stereocenters.